The number of carbonyl (C=O) groups excluding carboxylic acids is 1. The Morgan fingerprint density at radius 3 is 2.61 bits per heavy atom. The average Bonchev–Trinajstić information content (AvgIpc) is 3.02. The van der Waals surface area contributed by atoms with Gasteiger partial charge in [0.1, 0.15) is 22.3 Å². The van der Waals surface area contributed by atoms with Gasteiger partial charge >= 0.3 is 0 Å². The summed E-state index contributed by atoms with van der Waals surface area (Å²) in [6.07, 6.45) is 5.85. The molecule has 1 amide bonds. The van der Waals surface area contributed by atoms with Gasteiger partial charge < -0.3 is 40.4 Å². The molecule has 0 radical (unpaired) electrons. The first-order valence-electron chi connectivity index (χ1n) is 15.0. The summed E-state index contributed by atoms with van der Waals surface area (Å²) in [6, 6.07) is 9.73. The van der Waals surface area contributed by atoms with Crippen molar-refractivity contribution in [2.24, 2.45) is 5.73 Å². The number of rotatable bonds is 10. The van der Waals surface area contributed by atoms with Crippen LogP contribution in [0.25, 0.3) is 0 Å². The van der Waals surface area contributed by atoms with E-state index in [1.807, 2.05) is 44.3 Å². The first kappa shape index (κ1) is 31.6. The van der Waals surface area contributed by atoms with Gasteiger partial charge in [-0.25, -0.2) is 4.98 Å². The molecule has 236 valence electrons. The molecular weight excluding hydrogens is 582 g/mol. The number of benzene rings is 2. The van der Waals surface area contributed by atoms with Crippen molar-refractivity contribution in [1.82, 2.24) is 9.97 Å². The Hall–Kier alpha value is -3.80. The minimum absolute atomic E-state index is 0.0483. The number of hydrogen-bond donors (Lipinski definition) is 3. The summed E-state index contributed by atoms with van der Waals surface area (Å²) in [4.78, 5) is 26.0. The largest absolute Gasteiger partial charge is 0.496 e. The Bertz CT molecular complexity index is 1460. The third kappa shape index (κ3) is 6.50. The van der Waals surface area contributed by atoms with Crippen molar-refractivity contribution in [3.8, 4) is 11.5 Å². The third-order valence-corrected chi connectivity index (χ3v) is 8.72. The molecule has 0 saturated heterocycles. The zero-order valence-corrected chi connectivity index (χ0v) is 26.8. The number of nitrogens with one attached hydrogen (secondary N) is 2. The fourth-order valence-electron chi connectivity index (χ4n) is 6.05. The van der Waals surface area contributed by atoms with Gasteiger partial charge in [0.25, 0.3) is 0 Å². The molecule has 3 aromatic rings. The van der Waals surface area contributed by atoms with E-state index < -0.39 is 6.35 Å². The Morgan fingerprint density at radius 1 is 1.14 bits per heavy atom. The quantitative estimate of drug-likeness (QED) is 0.268. The lowest BCUT2D eigenvalue weighted by Gasteiger charge is -2.45. The maximum Gasteiger partial charge on any atom is 0.224 e. The van der Waals surface area contributed by atoms with Crippen LogP contribution in [0.2, 0.25) is 5.02 Å². The lowest BCUT2D eigenvalue weighted by molar-refractivity contribution is -0.115. The minimum Gasteiger partial charge on any atom is -0.496 e. The number of anilines is 4. The Morgan fingerprint density at radius 2 is 1.91 bits per heavy atom. The number of ether oxygens (including phenoxy) is 3. The number of nitrogens with zero attached hydrogens (tertiary/aromatic N) is 4. The summed E-state index contributed by atoms with van der Waals surface area (Å²) in [7, 11) is 4.86. The lowest BCUT2D eigenvalue weighted by Crippen LogP contribution is -2.54. The molecular formula is C32H42ClN7O4. The number of aromatic nitrogens is 2. The first-order valence-corrected chi connectivity index (χ1v) is 15.4. The Kier molecular flexibility index (Phi) is 9.97. The number of halogens is 1. The molecule has 1 aliphatic heterocycles. The van der Waals surface area contributed by atoms with Crippen LogP contribution in [0.3, 0.4) is 0 Å². The molecule has 11 nitrogen and oxygen atoms in total. The van der Waals surface area contributed by atoms with E-state index in [4.69, 9.17) is 41.5 Å². The van der Waals surface area contributed by atoms with Crippen molar-refractivity contribution in [3.63, 3.8) is 0 Å². The van der Waals surface area contributed by atoms with Crippen LogP contribution in [0.1, 0.15) is 55.7 Å². The summed E-state index contributed by atoms with van der Waals surface area (Å²) in [5.41, 5.74) is 10.6. The van der Waals surface area contributed by atoms with Gasteiger partial charge in [0.05, 0.1) is 26.5 Å². The van der Waals surface area contributed by atoms with Crippen LogP contribution in [-0.4, -0.2) is 55.6 Å². The van der Waals surface area contributed by atoms with E-state index in [-0.39, 0.29) is 18.0 Å². The number of hydrogen-bond acceptors (Lipinski definition) is 10. The highest BCUT2D eigenvalue weighted by atomic mass is 35.5. The predicted molar refractivity (Wildman–Crippen MR) is 174 cm³/mol. The van der Waals surface area contributed by atoms with E-state index in [9.17, 15) is 4.79 Å². The summed E-state index contributed by atoms with van der Waals surface area (Å²) >= 11 is 6.97. The van der Waals surface area contributed by atoms with Gasteiger partial charge in [-0.1, -0.05) is 43.5 Å². The van der Waals surface area contributed by atoms with E-state index >= 15 is 0 Å². The van der Waals surface area contributed by atoms with E-state index in [1.54, 1.807) is 27.4 Å². The van der Waals surface area contributed by atoms with Gasteiger partial charge in [0.15, 0.2) is 0 Å². The van der Waals surface area contributed by atoms with E-state index in [1.165, 1.54) is 0 Å². The SMILES string of the molecule is CCC(=O)Nc1cccc(CN2c3nc(NC4CCCCC4N)ncc3CN(c3c(C)c(OC)cc(OC)c3Cl)C2OC)c1. The van der Waals surface area contributed by atoms with Crippen molar-refractivity contribution in [3.05, 3.63) is 58.2 Å². The molecule has 2 aromatic carbocycles. The van der Waals surface area contributed by atoms with Gasteiger partial charge in [-0.05, 0) is 37.5 Å². The molecule has 44 heavy (non-hydrogen) atoms. The summed E-state index contributed by atoms with van der Waals surface area (Å²) in [5, 5.41) is 6.90. The molecule has 1 fully saturated rings. The molecule has 1 saturated carbocycles. The van der Waals surface area contributed by atoms with Crippen LogP contribution in [0.5, 0.6) is 11.5 Å². The zero-order chi connectivity index (χ0) is 31.4. The standard InChI is InChI=1S/C32H42ClN7O4/c1-6-27(41)36-22-11-9-10-20(14-22)17-40-30-21(16-35-31(38-30)37-24-13-8-7-12-23(24)34)18-39(32(40)44-5)29-19(2)25(42-3)15-26(43-4)28(29)33/h9-11,14-16,23-24,32H,6-8,12-13,17-18,34H2,1-5H3,(H,36,41)(H,35,37,38). The Labute approximate surface area is 264 Å². The average molecular weight is 624 g/mol. The number of amides is 1. The predicted octanol–water partition coefficient (Wildman–Crippen LogP) is 5.44. The number of nitrogens with two attached hydrogens (primary N) is 1. The van der Waals surface area contributed by atoms with Crippen LogP contribution in [-0.2, 0) is 22.6 Å². The summed E-state index contributed by atoms with van der Waals surface area (Å²) < 4.78 is 17.5. The highest BCUT2D eigenvalue weighted by Gasteiger charge is 2.37. The van der Waals surface area contributed by atoms with Gasteiger partial charge in [0.2, 0.25) is 18.2 Å². The van der Waals surface area contributed by atoms with Crippen LogP contribution >= 0.6 is 11.6 Å². The Balaban J connectivity index is 1.59. The second kappa shape index (κ2) is 13.9. The molecule has 0 spiro atoms. The molecule has 0 bridgehead atoms. The molecule has 1 aromatic heterocycles. The fourth-order valence-corrected chi connectivity index (χ4v) is 6.43. The van der Waals surface area contributed by atoms with Crippen LogP contribution < -0.4 is 35.6 Å². The topological polar surface area (TPSA) is 127 Å². The number of methoxy groups -OCH3 is 3. The normalized spacial score (nSPS) is 19.8. The van der Waals surface area contributed by atoms with E-state index in [2.05, 4.69) is 20.4 Å². The van der Waals surface area contributed by atoms with Crippen molar-refractivity contribution in [1.29, 1.82) is 0 Å². The molecule has 3 unspecified atom stereocenters. The van der Waals surface area contributed by atoms with Gasteiger partial charge in [-0.3, -0.25) is 4.79 Å². The number of carbonyl (C=O) groups is 1. The fraction of sp³-hybridized carbons (Fsp3) is 0.469. The third-order valence-electron chi connectivity index (χ3n) is 8.36. The second-order valence-electron chi connectivity index (χ2n) is 11.2. The second-order valence-corrected chi connectivity index (χ2v) is 11.6. The smallest absolute Gasteiger partial charge is 0.224 e. The molecule has 4 N–H and O–H groups in total. The maximum absolute atomic E-state index is 12.1. The molecule has 2 aliphatic rings. The van der Waals surface area contributed by atoms with Crippen LogP contribution in [0, 0.1) is 6.92 Å². The summed E-state index contributed by atoms with van der Waals surface area (Å²) in [6.45, 7) is 4.64. The van der Waals surface area contributed by atoms with Gasteiger partial charge in [0, 0.05) is 61.2 Å². The lowest BCUT2D eigenvalue weighted by atomic mass is 9.91. The highest BCUT2D eigenvalue weighted by Crippen LogP contribution is 2.46. The molecule has 2 heterocycles. The molecule has 5 rings (SSSR count). The minimum atomic E-state index is -0.607. The highest BCUT2D eigenvalue weighted by molar-refractivity contribution is 6.35. The van der Waals surface area contributed by atoms with Gasteiger partial charge in [-0.2, -0.15) is 4.98 Å². The van der Waals surface area contributed by atoms with Crippen molar-refractivity contribution in [2.45, 2.75) is 77.5 Å². The van der Waals surface area contributed by atoms with Crippen molar-refractivity contribution >= 4 is 40.6 Å². The van der Waals surface area contributed by atoms with Crippen molar-refractivity contribution < 1.29 is 19.0 Å². The maximum atomic E-state index is 12.1. The molecule has 12 heteroatoms. The summed E-state index contributed by atoms with van der Waals surface area (Å²) in [5.74, 6) is 2.36. The number of fused-ring (bicyclic) bond motifs is 1. The van der Waals surface area contributed by atoms with E-state index in [0.717, 1.165) is 59.6 Å². The van der Waals surface area contributed by atoms with Crippen molar-refractivity contribution in [2.75, 3.05) is 41.8 Å². The first-order chi connectivity index (χ1) is 21.3. The van der Waals surface area contributed by atoms with E-state index in [0.29, 0.717) is 42.0 Å². The van der Waals surface area contributed by atoms with Crippen LogP contribution in [0.4, 0.5) is 23.1 Å². The zero-order valence-electron chi connectivity index (χ0n) is 26.0. The van der Waals surface area contributed by atoms with Crippen LogP contribution in [0.15, 0.2) is 36.5 Å². The molecule has 3 atom stereocenters. The monoisotopic (exact) mass is 623 g/mol. The molecule has 1 aliphatic carbocycles. The van der Waals surface area contributed by atoms with Gasteiger partial charge in [-0.15, -0.1) is 0 Å².